The van der Waals surface area contributed by atoms with Crippen molar-refractivity contribution in [1.82, 2.24) is 10.3 Å². The molecule has 25 heavy (non-hydrogen) atoms. The van der Waals surface area contributed by atoms with Crippen molar-refractivity contribution in [3.8, 4) is 5.75 Å². The number of anilines is 1. The molecule has 0 radical (unpaired) electrons. The number of ether oxygens (including phenoxy) is 1. The third-order valence-electron chi connectivity index (χ3n) is 3.81. The van der Waals surface area contributed by atoms with Gasteiger partial charge in [-0.2, -0.15) is 0 Å². The van der Waals surface area contributed by atoms with Gasteiger partial charge in [0.2, 0.25) is 5.12 Å². The van der Waals surface area contributed by atoms with Crippen LogP contribution in [0.25, 0.3) is 0 Å². The molecule has 6 nitrogen and oxygen atoms in total. The molecule has 2 heterocycles. The normalized spacial score (nSPS) is 16.6. The van der Waals surface area contributed by atoms with Gasteiger partial charge in [0.25, 0.3) is 5.24 Å². The Morgan fingerprint density at radius 2 is 2.04 bits per heavy atom. The van der Waals surface area contributed by atoms with Crippen LogP contribution in [0, 0.1) is 6.92 Å². The first-order chi connectivity index (χ1) is 12.1. The van der Waals surface area contributed by atoms with Gasteiger partial charge in [0, 0.05) is 24.4 Å². The quantitative estimate of drug-likeness (QED) is 0.742. The Labute approximate surface area is 150 Å². The first-order valence-corrected chi connectivity index (χ1v) is 8.83. The number of amides is 1. The second-order valence-corrected chi connectivity index (χ2v) is 6.67. The lowest BCUT2D eigenvalue weighted by molar-refractivity contribution is -0.112. The van der Waals surface area contributed by atoms with Crippen LogP contribution >= 0.6 is 11.8 Å². The maximum Gasteiger partial charge on any atom is 0.287 e. The number of carbonyl (C=O) groups is 2. The van der Waals surface area contributed by atoms with Crippen LogP contribution in [0.5, 0.6) is 5.75 Å². The van der Waals surface area contributed by atoms with Gasteiger partial charge in [0.1, 0.15) is 24.2 Å². The zero-order valence-electron chi connectivity index (χ0n) is 13.8. The number of nitrogens with one attached hydrogen (secondary N) is 2. The van der Waals surface area contributed by atoms with Crippen molar-refractivity contribution >= 4 is 27.9 Å². The Hall–Kier alpha value is -2.54. The van der Waals surface area contributed by atoms with E-state index in [1.165, 1.54) is 0 Å². The number of carbonyl (C=O) groups excluding carboxylic acids is 2. The molecule has 1 aliphatic rings. The van der Waals surface area contributed by atoms with Gasteiger partial charge >= 0.3 is 0 Å². The number of aromatic nitrogens is 1. The summed E-state index contributed by atoms with van der Waals surface area (Å²) in [5, 5.41) is 5.50. The van der Waals surface area contributed by atoms with Gasteiger partial charge in [-0.3, -0.25) is 9.59 Å². The van der Waals surface area contributed by atoms with Crippen LogP contribution in [0.1, 0.15) is 11.1 Å². The molecule has 1 aromatic carbocycles. The Morgan fingerprint density at radius 3 is 2.72 bits per heavy atom. The van der Waals surface area contributed by atoms with Crippen LogP contribution < -0.4 is 15.4 Å². The fourth-order valence-corrected chi connectivity index (χ4v) is 3.16. The summed E-state index contributed by atoms with van der Waals surface area (Å²) in [7, 11) is 0. The van der Waals surface area contributed by atoms with Crippen molar-refractivity contribution in [2.24, 2.45) is 0 Å². The molecule has 1 saturated heterocycles. The predicted molar refractivity (Wildman–Crippen MR) is 98.0 cm³/mol. The number of nitrogens with zero attached hydrogens (tertiary/aromatic N) is 1. The predicted octanol–water partition coefficient (Wildman–Crippen LogP) is 2.78. The maximum absolute atomic E-state index is 11.6. The summed E-state index contributed by atoms with van der Waals surface area (Å²) >= 11 is 0.738. The lowest BCUT2D eigenvalue weighted by atomic mass is 10.1. The first kappa shape index (κ1) is 17.3. The Morgan fingerprint density at radius 1 is 1.24 bits per heavy atom. The van der Waals surface area contributed by atoms with E-state index in [2.05, 4.69) is 15.6 Å². The van der Waals surface area contributed by atoms with Gasteiger partial charge in [-0.15, -0.1) is 0 Å². The number of hydrogen-bond donors (Lipinski definition) is 2. The average Bonchev–Trinajstić information content (AvgIpc) is 2.92. The van der Waals surface area contributed by atoms with E-state index >= 15 is 0 Å². The number of rotatable bonds is 7. The minimum atomic E-state index is -0.435. The zero-order valence-corrected chi connectivity index (χ0v) is 14.6. The minimum absolute atomic E-state index is 0.124. The van der Waals surface area contributed by atoms with Crippen LogP contribution in [0.3, 0.4) is 0 Å². The van der Waals surface area contributed by atoms with Crippen LogP contribution in [0.2, 0.25) is 0 Å². The fourth-order valence-electron chi connectivity index (χ4n) is 2.49. The van der Waals surface area contributed by atoms with E-state index < -0.39 is 6.04 Å². The van der Waals surface area contributed by atoms with E-state index in [9.17, 15) is 9.59 Å². The van der Waals surface area contributed by atoms with Crippen LogP contribution in [-0.2, 0) is 11.2 Å². The second kappa shape index (κ2) is 8.02. The summed E-state index contributed by atoms with van der Waals surface area (Å²) in [4.78, 5) is 27.1. The molecule has 1 amide bonds. The van der Waals surface area contributed by atoms with Gasteiger partial charge < -0.3 is 15.4 Å². The molecule has 130 valence electrons. The van der Waals surface area contributed by atoms with Crippen LogP contribution in [-0.4, -0.2) is 34.5 Å². The number of pyridine rings is 1. The smallest absolute Gasteiger partial charge is 0.287 e. The highest BCUT2D eigenvalue weighted by molar-refractivity contribution is 8.26. The third-order valence-corrected chi connectivity index (χ3v) is 4.59. The molecule has 2 aromatic rings. The van der Waals surface area contributed by atoms with E-state index in [0.717, 1.165) is 34.5 Å². The summed E-state index contributed by atoms with van der Waals surface area (Å²) in [6.45, 7) is 3.17. The van der Waals surface area contributed by atoms with E-state index in [4.69, 9.17) is 4.74 Å². The molecule has 1 aromatic heterocycles. The number of hydrogen-bond acceptors (Lipinski definition) is 6. The van der Waals surface area contributed by atoms with Gasteiger partial charge in [0.05, 0.1) is 6.54 Å². The molecule has 0 aliphatic carbocycles. The van der Waals surface area contributed by atoms with Crippen molar-refractivity contribution in [2.45, 2.75) is 19.4 Å². The monoisotopic (exact) mass is 357 g/mol. The molecule has 1 atom stereocenters. The maximum atomic E-state index is 11.6. The van der Waals surface area contributed by atoms with Crippen molar-refractivity contribution in [2.75, 3.05) is 18.5 Å². The number of thioether (sulfide) groups is 1. The molecule has 2 N–H and O–H groups in total. The lowest BCUT2D eigenvalue weighted by Gasteiger charge is -2.11. The molecule has 0 bridgehead atoms. The standard InChI is InChI=1S/C18H19N3O3S/c1-12-3-2-8-19-16(12)20-9-10-24-14-6-4-13(5-7-14)11-15-17(22)25-18(23)21-15/h2-8,15H,9-11H2,1H3,(H,19,20)(H,21,23). The third kappa shape index (κ3) is 4.73. The second-order valence-electron chi connectivity index (χ2n) is 5.70. The zero-order chi connectivity index (χ0) is 17.6. The van der Waals surface area contributed by atoms with Crippen molar-refractivity contribution in [3.05, 3.63) is 53.7 Å². The molecule has 1 unspecified atom stereocenters. The summed E-state index contributed by atoms with van der Waals surface area (Å²) in [6, 6.07) is 11.0. The molecule has 1 aliphatic heterocycles. The summed E-state index contributed by atoms with van der Waals surface area (Å²) in [5.41, 5.74) is 2.08. The Kier molecular flexibility index (Phi) is 5.55. The molecular formula is C18H19N3O3S. The molecule has 3 rings (SSSR count). The highest BCUT2D eigenvalue weighted by atomic mass is 32.2. The molecule has 0 spiro atoms. The van der Waals surface area contributed by atoms with E-state index in [-0.39, 0.29) is 10.4 Å². The van der Waals surface area contributed by atoms with Gasteiger partial charge in [-0.1, -0.05) is 18.2 Å². The Bertz CT molecular complexity index is 764. The van der Waals surface area contributed by atoms with Gasteiger partial charge in [-0.05, 0) is 36.2 Å². The summed E-state index contributed by atoms with van der Waals surface area (Å²) in [6.07, 6.45) is 2.25. The highest BCUT2D eigenvalue weighted by Gasteiger charge is 2.31. The fraction of sp³-hybridized carbons (Fsp3) is 0.278. The lowest BCUT2D eigenvalue weighted by Crippen LogP contribution is -2.30. The number of benzene rings is 1. The Balaban J connectivity index is 1.44. The topological polar surface area (TPSA) is 80.3 Å². The highest BCUT2D eigenvalue weighted by Crippen LogP contribution is 2.20. The van der Waals surface area contributed by atoms with Crippen molar-refractivity contribution in [3.63, 3.8) is 0 Å². The average molecular weight is 357 g/mol. The van der Waals surface area contributed by atoms with Gasteiger partial charge in [0.15, 0.2) is 0 Å². The van der Waals surface area contributed by atoms with Crippen molar-refractivity contribution < 1.29 is 14.3 Å². The minimum Gasteiger partial charge on any atom is -0.492 e. The van der Waals surface area contributed by atoms with E-state index in [1.54, 1.807) is 6.20 Å². The first-order valence-electron chi connectivity index (χ1n) is 8.01. The van der Waals surface area contributed by atoms with Crippen LogP contribution in [0.4, 0.5) is 10.6 Å². The van der Waals surface area contributed by atoms with Gasteiger partial charge in [-0.25, -0.2) is 4.98 Å². The van der Waals surface area contributed by atoms with E-state index in [1.807, 2.05) is 43.3 Å². The summed E-state index contributed by atoms with van der Waals surface area (Å²) < 4.78 is 5.70. The molecule has 1 fully saturated rings. The largest absolute Gasteiger partial charge is 0.492 e. The van der Waals surface area contributed by atoms with Crippen molar-refractivity contribution in [1.29, 1.82) is 0 Å². The molecule has 7 heteroatoms. The van der Waals surface area contributed by atoms with E-state index in [0.29, 0.717) is 19.6 Å². The summed E-state index contributed by atoms with van der Waals surface area (Å²) in [5.74, 6) is 1.63. The molecule has 0 saturated carbocycles. The SMILES string of the molecule is Cc1cccnc1NCCOc1ccc(CC2NC(=O)SC2=O)cc1. The number of aryl methyl sites for hydroxylation is 1. The van der Waals surface area contributed by atoms with Crippen LogP contribution in [0.15, 0.2) is 42.6 Å². The molecular weight excluding hydrogens is 338 g/mol.